The number of aromatic nitrogens is 1. The van der Waals surface area contributed by atoms with Crippen molar-refractivity contribution in [3.8, 4) is 23.8 Å². The second kappa shape index (κ2) is 9.63. The number of pyridine rings is 1. The van der Waals surface area contributed by atoms with Gasteiger partial charge in [0.25, 0.3) is 0 Å². The first-order valence-electron chi connectivity index (χ1n) is 10.1. The van der Waals surface area contributed by atoms with E-state index in [-0.39, 0.29) is 46.0 Å². The molecule has 0 amide bonds. The van der Waals surface area contributed by atoms with Crippen molar-refractivity contribution in [1.82, 2.24) is 10.3 Å². The smallest absolute Gasteiger partial charge is 0.211 e. The highest BCUT2D eigenvalue weighted by molar-refractivity contribution is 6.31. The molecule has 0 aliphatic carbocycles. The van der Waals surface area contributed by atoms with E-state index in [0.717, 1.165) is 0 Å². The number of nitrogens with two attached hydrogens (primary N) is 2. The van der Waals surface area contributed by atoms with Gasteiger partial charge >= 0.3 is 0 Å². The summed E-state index contributed by atoms with van der Waals surface area (Å²) in [6.07, 6.45) is 1.79. The first-order valence-corrected chi connectivity index (χ1v) is 10.5. The third-order valence-electron chi connectivity index (χ3n) is 5.29. The number of guanidine groups is 1. The van der Waals surface area contributed by atoms with Crippen LogP contribution >= 0.6 is 11.6 Å². The number of halogens is 2. The normalized spacial score (nSPS) is 14.0. The fraction of sp³-hybridized carbons (Fsp3) is 0.130. The third-order valence-corrected chi connectivity index (χ3v) is 5.65. The van der Waals surface area contributed by atoms with Gasteiger partial charge in [0.1, 0.15) is 41.7 Å². The van der Waals surface area contributed by atoms with Crippen molar-refractivity contribution in [2.75, 3.05) is 23.9 Å². The van der Waals surface area contributed by atoms with Gasteiger partial charge in [0, 0.05) is 11.1 Å². The number of nitriles is 2. The van der Waals surface area contributed by atoms with Crippen molar-refractivity contribution < 1.29 is 13.9 Å². The first kappa shape index (κ1) is 23.4. The molecule has 176 valence electrons. The lowest BCUT2D eigenvalue weighted by molar-refractivity contribution is 0.279. The topological polar surface area (TPSA) is 167 Å². The Labute approximate surface area is 204 Å². The summed E-state index contributed by atoms with van der Waals surface area (Å²) in [7, 11) is 1.45. The zero-order valence-electron chi connectivity index (χ0n) is 18.3. The van der Waals surface area contributed by atoms with Crippen LogP contribution in [0.15, 0.2) is 41.4 Å². The Bertz CT molecular complexity index is 1410. The van der Waals surface area contributed by atoms with Gasteiger partial charge in [-0.3, -0.25) is 5.32 Å². The number of fused-ring (bicyclic) bond motifs is 1. The molecule has 1 aliphatic heterocycles. The molecule has 35 heavy (non-hydrogen) atoms. The number of aliphatic imine (C=N–C) groups is 1. The number of methoxy groups -OCH3 is 1. The van der Waals surface area contributed by atoms with Crippen LogP contribution in [-0.2, 0) is 6.61 Å². The molecule has 1 aromatic heterocycles. The van der Waals surface area contributed by atoms with E-state index in [0.29, 0.717) is 22.6 Å². The highest BCUT2D eigenvalue weighted by atomic mass is 35.5. The molecular weight excluding hydrogens is 475 g/mol. The molecule has 1 atom stereocenters. The molecule has 0 bridgehead atoms. The van der Waals surface area contributed by atoms with Crippen molar-refractivity contribution in [1.29, 1.82) is 10.5 Å². The maximum Gasteiger partial charge on any atom is 0.211 e. The van der Waals surface area contributed by atoms with Crippen LogP contribution in [0.1, 0.15) is 28.3 Å². The van der Waals surface area contributed by atoms with Gasteiger partial charge in [-0.15, -0.1) is 0 Å². The van der Waals surface area contributed by atoms with Gasteiger partial charge < -0.3 is 26.3 Å². The molecule has 10 nitrogen and oxygen atoms in total. The molecule has 2 aromatic carbocycles. The van der Waals surface area contributed by atoms with Crippen molar-refractivity contribution in [3.63, 3.8) is 0 Å². The number of hydrogen-bond donors (Lipinski definition) is 4. The highest BCUT2D eigenvalue weighted by Gasteiger charge is 2.30. The lowest BCUT2D eigenvalue weighted by Crippen LogP contribution is -2.32. The van der Waals surface area contributed by atoms with Gasteiger partial charge in [-0.25, -0.2) is 14.4 Å². The second-order valence-electron chi connectivity index (χ2n) is 7.30. The Morgan fingerprint density at radius 2 is 2.03 bits per heavy atom. The number of nitrogens with one attached hydrogen (secondary N) is 2. The summed E-state index contributed by atoms with van der Waals surface area (Å²) in [5.41, 5.74) is 13.5. The van der Waals surface area contributed by atoms with Gasteiger partial charge in [-0.05, 0) is 29.8 Å². The van der Waals surface area contributed by atoms with Crippen molar-refractivity contribution in [3.05, 3.63) is 69.5 Å². The van der Waals surface area contributed by atoms with Gasteiger partial charge in [0.2, 0.25) is 5.96 Å². The number of nitrogen functional groups attached to an aromatic ring is 2. The SMILES string of the molecule is COc1cc(C2N=C(NC#N)Nc3nc(N)c(C#N)c(N)c32)ccc1OCc1c(F)cccc1Cl. The molecule has 0 radical (unpaired) electrons. The van der Waals surface area contributed by atoms with Gasteiger partial charge in [0.15, 0.2) is 17.7 Å². The predicted molar refractivity (Wildman–Crippen MR) is 128 cm³/mol. The van der Waals surface area contributed by atoms with E-state index in [1.807, 2.05) is 6.07 Å². The highest BCUT2D eigenvalue weighted by Crippen LogP contribution is 2.42. The van der Waals surface area contributed by atoms with Crippen LogP contribution in [0.25, 0.3) is 0 Å². The number of anilines is 3. The van der Waals surface area contributed by atoms with Crippen LogP contribution in [0.3, 0.4) is 0 Å². The molecular formula is C23H18ClFN8O2. The molecule has 4 rings (SSSR count). The van der Waals surface area contributed by atoms with E-state index < -0.39 is 11.9 Å². The van der Waals surface area contributed by atoms with Crippen LogP contribution in [0.4, 0.5) is 21.7 Å². The largest absolute Gasteiger partial charge is 0.493 e. The second-order valence-corrected chi connectivity index (χ2v) is 7.71. The van der Waals surface area contributed by atoms with Crippen LogP contribution in [0, 0.1) is 28.6 Å². The van der Waals surface area contributed by atoms with E-state index in [1.54, 1.807) is 30.5 Å². The number of nitrogens with zero attached hydrogens (tertiary/aromatic N) is 4. The summed E-state index contributed by atoms with van der Waals surface area (Å²) in [5.74, 6) is 0.510. The van der Waals surface area contributed by atoms with E-state index in [1.165, 1.54) is 19.2 Å². The molecule has 12 heteroatoms. The van der Waals surface area contributed by atoms with E-state index >= 15 is 0 Å². The minimum atomic E-state index is -0.758. The Balaban J connectivity index is 1.74. The van der Waals surface area contributed by atoms with Crippen LogP contribution in [0.2, 0.25) is 5.02 Å². The van der Waals surface area contributed by atoms with Crippen LogP contribution in [0.5, 0.6) is 11.5 Å². The number of hydrogen-bond acceptors (Lipinski definition) is 10. The van der Waals surface area contributed by atoms with E-state index in [2.05, 4.69) is 20.6 Å². The van der Waals surface area contributed by atoms with Crippen molar-refractivity contribution in [2.45, 2.75) is 12.6 Å². The summed E-state index contributed by atoms with van der Waals surface area (Å²) >= 11 is 6.08. The Kier molecular flexibility index (Phi) is 6.44. The lowest BCUT2D eigenvalue weighted by Gasteiger charge is -2.26. The summed E-state index contributed by atoms with van der Waals surface area (Å²) in [6.45, 7) is -0.118. The van der Waals surface area contributed by atoms with Gasteiger partial charge in [-0.1, -0.05) is 23.7 Å². The van der Waals surface area contributed by atoms with Crippen molar-refractivity contribution >= 4 is 34.9 Å². The zero-order valence-corrected chi connectivity index (χ0v) is 19.0. The Hall–Kier alpha value is -4.74. The van der Waals surface area contributed by atoms with Crippen molar-refractivity contribution in [2.24, 2.45) is 4.99 Å². The summed E-state index contributed by atoms with van der Waals surface area (Å²) in [4.78, 5) is 8.73. The molecule has 3 aromatic rings. The predicted octanol–water partition coefficient (Wildman–Crippen LogP) is 3.44. The lowest BCUT2D eigenvalue weighted by atomic mass is 9.95. The molecule has 0 spiro atoms. The fourth-order valence-corrected chi connectivity index (χ4v) is 3.83. The zero-order chi connectivity index (χ0) is 25.1. The number of benzene rings is 2. The Morgan fingerprint density at radius 1 is 1.23 bits per heavy atom. The quantitative estimate of drug-likeness (QED) is 0.308. The summed E-state index contributed by atoms with van der Waals surface area (Å²) in [5, 5.41) is 24.1. The average Bonchev–Trinajstić information content (AvgIpc) is 2.83. The standard InChI is InChI=1S/C23H18ClFN8O2/c1-34-17-7-11(5-6-16(17)35-9-13-14(24)3-2-4-15(13)25)20-18-19(28)12(8-26)21(29)32-22(18)33-23(31-20)30-10-27/h2-7,20H,9H2,1H3,(H6,28,29,30,31,32,33). The van der Waals surface area contributed by atoms with E-state index in [9.17, 15) is 9.65 Å². The summed E-state index contributed by atoms with van der Waals surface area (Å²) < 4.78 is 25.4. The molecule has 2 heterocycles. The first-order chi connectivity index (χ1) is 16.9. The maximum atomic E-state index is 14.1. The minimum Gasteiger partial charge on any atom is -0.493 e. The molecule has 1 aliphatic rings. The molecule has 0 saturated heterocycles. The van der Waals surface area contributed by atoms with Crippen LogP contribution in [-0.4, -0.2) is 18.1 Å². The molecule has 0 fully saturated rings. The van der Waals surface area contributed by atoms with E-state index in [4.69, 9.17) is 37.8 Å². The average molecular weight is 493 g/mol. The monoisotopic (exact) mass is 492 g/mol. The fourth-order valence-electron chi connectivity index (χ4n) is 3.62. The molecule has 1 unspecified atom stereocenters. The van der Waals surface area contributed by atoms with Crippen LogP contribution < -0.4 is 31.6 Å². The molecule has 0 saturated carbocycles. The maximum absolute atomic E-state index is 14.1. The Morgan fingerprint density at radius 3 is 2.71 bits per heavy atom. The van der Waals surface area contributed by atoms with Gasteiger partial charge in [-0.2, -0.15) is 10.5 Å². The minimum absolute atomic E-state index is 0.0242. The molecule has 6 N–H and O–H groups in total. The summed E-state index contributed by atoms with van der Waals surface area (Å²) in [6, 6.07) is 10.6. The third kappa shape index (κ3) is 4.40. The number of rotatable bonds is 5. The van der Waals surface area contributed by atoms with Gasteiger partial charge in [0.05, 0.1) is 17.8 Å². The number of ether oxygens (including phenoxy) is 2.